The topological polar surface area (TPSA) is 44.5 Å². The molecule has 3 nitrogen and oxygen atoms in total. The fourth-order valence-corrected chi connectivity index (χ4v) is 1.87. The van der Waals surface area contributed by atoms with Crippen molar-refractivity contribution >= 4 is 17.2 Å². The fourth-order valence-electron chi connectivity index (χ4n) is 1.71. The highest BCUT2D eigenvalue weighted by atomic mass is 32.1. The van der Waals surface area contributed by atoms with Crippen molar-refractivity contribution in [2.75, 3.05) is 7.11 Å². The highest BCUT2D eigenvalue weighted by Crippen LogP contribution is 2.20. The molecule has 0 unspecified atom stereocenters. The van der Waals surface area contributed by atoms with Gasteiger partial charge in [-0.05, 0) is 29.8 Å². The Labute approximate surface area is 122 Å². The summed E-state index contributed by atoms with van der Waals surface area (Å²) in [5.41, 5.74) is 6.48. The molecule has 0 radical (unpaired) electrons. The van der Waals surface area contributed by atoms with Crippen LogP contribution in [0.5, 0.6) is 11.5 Å². The summed E-state index contributed by atoms with van der Waals surface area (Å²) in [6.07, 6.45) is 0. The van der Waals surface area contributed by atoms with Crippen LogP contribution in [-0.2, 0) is 6.61 Å². The number of methoxy groups -OCH3 is 1. The lowest BCUT2D eigenvalue weighted by Gasteiger charge is -2.09. The molecule has 104 valence electrons. The van der Waals surface area contributed by atoms with Crippen LogP contribution in [0.1, 0.15) is 11.1 Å². The smallest absolute Gasteiger partial charge is 0.133 e. The minimum absolute atomic E-state index is 0.0331. The maximum atomic E-state index is 13.5. The number of thiocarbonyl (C=S) groups is 1. The number of ether oxygens (including phenoxy) is 2. The third-order valence-corrected chi connectivity index (χ3v) is 2.96. The number of nitrogens with two attached hydrogens (primary N) is 1. The monoisotopic (exact) mass is 291 g/mol. The van der Waals surface area contributed by atoms with Crippen LogP contribution in [0.3, 0.4) is 0 Å². The van der Waals surface area contributed by atoms with Crippen molar-refractivity contribution in [3.05, 3.63) is 59.4 Å². The lowest BCUT2D eigenvalue weighted by molar-refractivity contribution is 0.303. The number of hydrogen-bond donors (Lipinski definition) is 1. The van der Waals surface area contributed by atoms with Crippen molar-refractivity contribution < 1.29 is 13.9 Å². The molecule has 2 rings (SSSR count). The Hall–Kier alpha value is -2.14. The van der Waals surface area contributed by atoms with E-state index >= 15 is 0 Å². The Kier molecular flexibility index (Phi) is 4.53. The summed E-state index contributed by atoms with van der Waals surface area (Å²) < 4.78 is 24.2. The molecule has 20 heavy (non-hydrogen) atoms. The fraction of sp³-hybridized carbons (Fsp3) is 0.133. The van der Waals surface area contributed by atoms with Gasteiger partial charge in [0.1, 0.15) is 28.9 Å². The molecular formula is C15H14FNO2S. The van der Waals surface area contributed by atoms with Gasteiger partial charge in [0.15, 0.2) is 0 Å². The van der Waals surface area contributed by atoms with Crippen molar-refractivity contribution in [3.63, 3.8) is 0 Å². The summed E-state index contributed by atoms with van der Waals surface area (Å²) in [7, 11) is 1.59. The minimum Gasteiger partial charge on any atom is -0.497 e. The van der Waals surface area contributed by atoms with E-state index in [-0.39, 0.29) is 10.6 Å². The third-order valence-electron chi connectivity index (χ3n) is 2.74. The van der Waals surface area contributed by atoms with Crippen molar-refractivity contribution in [2.24, 2.45) is 5.73 Å². The number of rotatable bonds is 5. The lowest BCUT2D eigenvalue weighted by atomic mass is 10.1. The van der Waals surface area contributed by atoms with Gasteiger partial charge in [0.25, 0.3) is 0 Å². The molecule has 0 aromatic heterocycles. The molecule has 0 aliphatic heterocycles. The summed E-state index contributed by atoms with van der Waals surface area (Å²) in [6.45, 7) is 0.295. The van der Waals surface area contributed by atoms with E-state index in [0.29, 0.717) is 18.1 Å². The van der Waals surface area contributed by atoms with Gasteiger partial charge in [-0.3, -0.25) is 0 Å². The van der Waals surface area contributed by atoms with Crippen LogP contribution in [0.15, 0.2) is 42.5 Å². The van der Waals surface area contributed by atoms with Crippen molar-refractivity contribution in [1.82, 2.24) is 0 Å². The van der Waals surface area contributed by atoms with E-state index < -0.39 is 5.82 Å². The van der Waals surface area contributed by atoms with E-state index in [0.717, 1.165) is 5.56 Å². The van der Waals surface area contributed by atoms with Crippen LogP contribution in [0.4, 0.5) is 4.39 Å². The standard InChI is InChI=1S/C15H14FNO2S/c1-18-11-3-2-4-12(8-11)19-9-10-5-6-14(16)13(7-10)15(17)20/h2-8H,9H2,1H3,(H2,17,20). The number of hydrogen-bond acceptors (Lipinski definition) is 3. The number of benzene rings is 2. The molecule has 0 saturated heterocycles. The summed E-state index contributed by atoms with van der Waals surface area (Å²) >= 11 is 4.80. The van der Waals surface area contributed by atoms with Crippen molar-refractivity contribution in [1.29, 1.82) is 0 Å². The second-order valence-corrected chi connectivity index (χ2v) is 4.59. The van der Waals surface area contributed by atoms with E-state index in [1.807, 2.05) is 18.2 Å². The van der Waals surface area contributed by atoms with Crippen LogP contribution in [-0.4, -0.2) is 12.1 Å². The average Bonchev–Trinajstić information content (AvgIpc) is 2.46. The van der Waals surface area contributed by atoms with Gasteiger partial charge >= 0.3 is 0 Å². The van der Waals surface area contributed by atoms with Gasteiger partial charge in [-0.1, -0.05) is 24.4 Å². The first-order chi connectivity index (χ1) is 9.60. The first-order valence-corrected chi connectivity index (χ1v) is 6.36. The molecule has 0 bridgehead atoms. The quantitative estimate of drug-likeness (QED) is 0.860. The minimum atomic E-state index is -0.428. The average molecular weight is 291 g/mol. The van der Waals surface area contributed by atoms with Crippen molar-refractivity contribution in [2.45, 2.75) is 6.61 Å². The molecule has 2 aromatic carbocycles. The Bertz CT molecular complexity index is 631. The van der Waals surface area contributed by atoms with Gasteiger partial charge in [0.2, 0.25) is 0 Å². The zero-order valence-electron chi connectivity index (χ0n) is 10.9. The zero-order chi connectivity index (χ0) is 14.5. The van der Waals surface area contributed by atoms with Gasteiger partial charge in [0.05, 0.1) is 7.11 Å². The van der Waals surface area contributed by atoms with Crippen LogP contribution < -0.4 is 15.2 Å². The SMILES string of the molecule is COc1cccc(OCc2ccc(F)c(C(N)=S)c2)c1. The van der Waals surface area contributed by atoms with Gasteiger partial charge in [-0.2, -0.15) is 0 Å². The third kappa shape index (κ3) is 3.45. The predicted octanol–water partition coefficient (Wildman–Crippen LogP) is 3.05. The van der Waals surface area contributed by atoms with E-state index in [1.165, 1.54) is 6.07 Å². The summed E-state index contributed by atoms with van der Waals surface area (Å²) in [4.78, 5) is 0.0331. The second kappa shape index (κ2) is 6.34. The highest BCUT2D eigenvalue weighted by Gasteiger charge is 2.06. The molecule has 0 spiro atoms. The second-order valence-electron chi connectivity index (χ2n) is 4.15. The Morgan fingerprint density at radius 3 is 2.65 bits per heavy atom. The molecule has 2 aromatic rings. The normalized spacial score (nSPS) is 10.1. The molecule has 0 heterocycles. The molecule has 0 fully saturated rings. The largest absolute Gasteiger partial charge is 0.497 e. The van der Waals surface area contributed by atoms with E-state index in [2.05, 4.69) is 0 Å². The van der Waals surface area contributed by atoms with Crippen LogP contribution in [0.2, 0.25) is 0 Å². The van der Waals surface area contributed by atoms with Crippen LogP contribution in [0, 0.1) is 5.82 Å². The first kappa shape index (κ1) is 14.3. The molecule has 2 N–H and O–H groups in total. The van der Waals surface area contributed by atoms with Gasteiger partial charge in [0, 0.05) is 11.6 Å². The maximum Gasteiger partial charge on any atom is 0.133 e. The van der Waals surface area contributed by atoms with E-state index in [9.17, 15) is 4.39 Å². The summed E-state index contributed by atoms with van der Waals surface area (Å²) in [5, 5.41) is 0. The Morgan fingerprint density at radius 1 is 1.20 bits per heavy atom. The molecule has 0 atom stereocenters. The van der Waals surface area contributed by atoms with Crippen LogP contribution >= 0.6 is 12.2 Å². The van der Waals surface area contributed by atoms with Gasteiger partial charge in [-0.25, -0.2) is 4.39 Å². The van der Waals surface area contributed by atoms with E-state index in [4.69, 9.17) is 27.4 Å². The first-order valence-electron chi connectivity index (χ1n) is 5.95. The maximum absolute atomic E-state index is 13.5. The predicted molar refractivity (Wildman–Crippen MR) is 79.6 cm³/mol. The van der Waals surface area contributed by atoms with Gasteiger partial charge in [-0.15, -0.1) is 0 Å². The van der Waals surface area contributed by atoms with E-state index in [1.54, 1.807) is 25.3 Å². The molecule has 0 saturated carbocycles. The molecule has 0 aliphatic carbocycles. The lowest BCUT2D eigenvalue weighted by Crippen LogP contribution is -2.12. The summed E-state index contributed by atoms with van der Waals surface area (Å²) in [5.74, 6) is 0.957. The Balaban J connectivity index is 2.10. The van der Waals surface area contributed by atoms with Gasteiger partial charge < -0.3 is 15.2 Å². The molecule has 5 heteroatoms. The highest BCUT2D eigenvalue weighted by molar-refractivity contribution is 7.80. The molecular weight excluding hydrogens is 277 g/mol. The molecule has 0 aliphatic rings. The number of halogens is 1. The zero-order valence-corrected chi connectivity index (χ0v) is 11.7. The summed E-state index contributed by atoms with van der Waals surface area (Å²) in [6, 6.07) is 11.8. The molecule has 0 amide bonds. The van der Waals surface area contributed by atoms with Crippen molar-refractivity contribution in [3.8, 4) is 11.5 Å². The Morgan fingerprint density at radius 2 is 1.95 bits per heavy atom. The van der Waals surface area contributed by atoms with Crippen LogP contribution in [0.25, 0.3) is 0 Å².